The number of ether oxygens (including phenoxy) is 1. The molecule has 0 aliphatic carbocycles. The van der Waals surface area contributed by atoms with Crippen LogP contribution in [0.25, 0.3) is 0 Å². The molecule has 0 aliphatic rings. The van der Waals surface area contributed by atoms with Gasteiger partial charge < -0.3 is 15.4 Å². The summed E-state index contributed by atoms with van der Waals surface area (Å²) in [6, 6.07) is 12.0. The molecule has 2 aromatic carbocycles. The monoisotopic (exact) mass is 448 g/mol. The Morgan fingerprint density at radius 1 is 1.13 bits per heavy atom. The fraction of sp³-hybridized carbons (Fsp3) is 0.350. The van der Waals surface area contributed by atoms with Crippen molar-refractivity contribution in [2.45, 2.75) is 30.3 Å². The number of alkyl halides is 4. The molecule has 0 aliphatic heterocycles. The Morgan fingerprint density at radius 2 is 1.87 bits per heavy atom. The first-order chi connectivity index (χ1) is 14.3. The maximum absolute atomic E-state index is 12.8. The molecule has 2 N–H and O–H groups in total. The molecular weight excluding hydrogens is 427 g/mol. The van der Waals surface area contributed by atoms with Gasteiger partial charge in [-0.1, -0.05) is 12.1 Å². The van der Waals surface area contributed by atoms with Crippen molar-refractivity contribution in [1.29, 1.82) is 0 Å². The van der Waals surface area contributed by atoms with Gasteiger partial charge in [0, 0.05) is 17.1 Å². The summed E-state index contributed by atoms with van der Waals surface area (Å²) in [7, 11) is 0. The third kappa shape index (κ3) is 8.58. The van der Waals surface area contributed by atoms with E-state index < -0.39 is 25.0 Å². The molecule has 0 aromatic heterocycles. The van der Waals surface area contributed by atoms with Crippen molar-refractivity contribution in [1.82, 2.24) is 5.32 Å². The molecule has 2 amide bonds. The van der Waals surface area contributed by atoms with E-state index in [9.17, 15) is 26.7 Å². The largest absolute Gasteiger partial charge is 0.370 e. The minimum atomic E-state index is -4.20. The first-order valence-electron chi connectivity index (χ1n) is 9.02. The predicted molar refractivity (Wildman–Crippen MR) is 106 cm³/mol. The Balaban J connectivity index is 1.67. The van der Waals surface area contributed by atoms with Gasteiger partial charge in [-0.25, -0.2) is 18.0 Å². The number of carbonyl (C=O) groups is 1. The van der Waals surface area contributed by atoms with E-state index in [1.165, 1.54) is 18.2 Å². The lowest BCUT2D eigenvalue weighted by Gasteiger charge is -2.15. The van der Waals surface area contributed by atoms with Crippen molar-refractivity contribution in [3.05, 3.63) is 59.9 Å². The fourth-order valence-corrected chi connectivity index (χ4v) is 3.13. The number of benzene rings is 2. The van der Waals surface area contributed by atoms with E-state index in [0.29, 0.717) is 24.2 Å². The summed E-state index contributed by atoms with van der Waals surface area (Å²) in [5.74, 6) is -3.76. The standard InChI is InChI=1S/C20H21F5N2O2S/c21-15-5-7-17(8-6-15)30-10-2-9-26-19(28)27-16-4-1-3-14(11-16)12-29-13-20(24,25)18(22)23/h1,3-8,11,18H,2,9-10,12-13H2,(H2,26,27,28). The third-order valence-electron chi connectivity index (χ3n) is 3.76. The Hall–Kier alpha value is -2.33. The Bertz CT molecular complexity index is 806. The molecule has 0 atom stereocenters. The van der Waals surface area contributed by atoms with Crippen LogP contribution in [0.4, 0.5) is 32.4 Å². The van der Waals surface area contributed by atoms with Gasteiger partial charge in [-0.3, -0.25) is 0 Å². The highest BCUT2D eigenvalue weighted by Crippen LogP contribution is 2.23. The van der Waals surface area contributed by atoms with Crippen LogP contribution in [0.5, 0.6) is 0 Å². The topological polar surface area (TPSA) is 50.4 Å². The summed E-state index contributed by atoms with van der Waals surface area (Å²) in [5.41, 5.74) is 0.864. The van der Waals surface area contributed by atoms with Crippen LogP contribution >= 0.6 is 11.8 Å². The lowest BCUT2D eigenvalue weighted by molar-refractivity contribution is -0.168. The van der Waals surface area contributed by atoms with E-state index in [4.69, 9.17) is 0 Å². The number of halogens is 5. The van der Waals surface area contributed by atoms with Gasteiger partial charge in [0.1, 0.15) is 12.4 Å². The number of thioether (sulfide) groups is 1. The number of nitrogens with one attached hydrogen (secondary N) is 2. The molecule has 0 saturated heterocycles. The van der Waals surface area contributed by atoms with Crippen LogP contribution in [-0.2, 0) is 11.3 Å². The van der Waals surface area contributed by atoms with Crippen molar-refractivity contribution in [2.75, 3.05) is 24.2 Å². The molecule has 30 heavy (non-hydrogen) atoms. The van der Waals surface area contributed by atoms with Crippen molar-refractivity contribution in [2.24, 2.45) is 0 Å². The Labute approximate surface area is 175 Å². The molecule has 4 nitrogen and oxygen atoms in total. The van der Waals surface area contributed by atoms with Crippen molar-refractivity contribution in [3.63, 3.8) is 0 Å². The zero-order valence-electron chi connectivity index (χ0n) is 15.8. The highest BCUT2D eigenvalue weighted by molar-refractivity contribution is 7.99. The summed E-state index contributed by atoms with van der Waals surface area (Å²) in [6.07, 6.45) is -3.09. The van der Waals surface area contributed by atoms with Crippen molar-refractivity contribution < 1.29 is 31.5 Å². The zero-order valence-corrected chi connectivity index (χ0v) is 16.7. The predicted octanol–water partition coefficient (Wildman–Crippen LogP) is 5.55. The van der Waals surface area contributed by atoms with Crippen molar-refractivity contribution >= 4 is 23.5 Å². The van der Waals surface area contributed by atoms with Crippen LogP contribution in [0.2, 0.25) is 0 Å². The average molecular weight is 448 g/mol. The molecule has 0 spiro atoms. The summed E-state index contributed by atoms with van der Waals surface area (Å²) in [5, 5.41) is 5.28. The van der Waals surface area contributed by atoms with Gasteiger partial charge in [0.2, 0.25) is 0 Å². The summed E-state index contributed by atoms with van der Waals surface area (Å²) >= 11 is 1.55. The maximum atomic E-state index is 12.8. The molecule has 0 saturated carbocycles. The molecule has 2 rings (SSSR count). The number of anilines is 1. The van der Waals surface area contributed by atoms with Gasteiger partial charge in [-0.15, -0.1) is 11.8 Å². The lowest BCUT2D eigenvalue weighted by Crippen LogP contribution is -2.32. The highest BCUT2D eigenvalue weighted by atomic mass is 32.2. The van der Waals surface area contributed by atoms with Crippen molar-refractivity contribution in [3.8, 4) is 0 Å². The second-order valence-electron chi connectivity index (χ2n) is 6.29. The fourth-order valence-electron chi connectivity index (χ4n) is 2.28. The molecule has 0 unspecified atom stereocenters. The van der Waals surface area contributed by atoms with Crippen LogP contribution in [-0.4, -0.2) is 37.3 Å². The van der Waals surface area contributed by atoms with Gasteiger partial charge in [0.15, 0.2) is 0 Å². The minimum Gasteiger partial charge on any atom is -0.370 e. The normalized spacial score (nSPS) is 11.5. The Kier molecular flexibility index (Phi) is 9.38. The van der Waals surface area contributed by atoms with E-state index in [-0.39, 0.29) is 12.4 Å². The van der Waals surface area contributed by atoms with E-state index in [0.717, 1.165) is 10.6 Å². The molecule has 0 radical (unpaired) electrons. The first-order valence-corrected chi connectivity index (χ1v) is 10.0. The van der Waals surface area contributed by atoms with Crippen LogP contribution in [0, 0.1) is 5.82 Å². The number of hydrogen-bond donors (Lipinski definition) is 2. The lowest BCUT2D eigenvalue weighted by atomic mass is 10.2. The SMILES string of the molecule is O=C(NCCCSc1ccc(F)cc1)Nc1cccc(COCC(F)(F)C(F)F)c1. The molecule has 0 fully saturated rings. The molecular formula is C20H21F5N2O2S. The van der Waals surface area contributed by atoms with E-state index in [1.807, 2.05) is 0 Å². The van der Waals surface area contributed by atoms with Crippen LogP contribution in [0.1, 0.15) is 12.0 Å². The zero-order chi connectivity index (χ0) is 22.0. The second-order valence-corrected chi connectivity index (χ2v) is 7.46. The molecule has 164 valence electrons. The molecule has 10 heteroatoms. The first kappa shape index (κ1) is 23.9. The van der Waals surface area contributed by atoms with E-state index in [2.05, 4.69) is 15.4 Å². The minimum absolute atomic E-state index is 0.292. The second kappa shape index (κ2) is 11.8. The third-order valence-corrected chi connectivity index (χ3v) is 4.85. The number of carbonyl (C=O) groups excluding carboxylic acids is 1. The van der Waals surface area contributed by atoms with Crippen LogP contribution in [0.3, 0.4) is 0 Å². The number of rotatable bonds is 11. The van der Waals surface area contributed by atoms with E-state index in [1.54, 1.807) is 42.1 Å². The van der Waals surface area contributed by atoms with E-state index >= 15 is 0 Å². The maximum Gasteiger partial charge on any atom is 0.330 e. The van der Waals surface area contributed by atoms with Gasteiger partial charge in [0.05, 0.1) is 6.61 Å². The molecule has 0 bridgehead atoms. The Morgan fingerprint density at radius 3 is 2.57 bits per heavy atom. The summed E-state index contributed by atoms with van der Waals surface area (Å²) in [6.45, 7) is -1.26. The molecule has 2 aromatic rings. The van der Waals surface area contributed by atoms with Crippen LogP contribution < -0.4 is 10.6 Å². The number of urea groups is 1. The number of hydrogen-bond acceptors (Lipinski definition) is 3. The van der Waals surface area contributed by atoms with Gasteiger partial charge in [-0.2, -0.15) is 8.78 Å². The average Bonchev–Trinajstić information content (AvgIpc) is 2.69. The quantitative estimate of drug-likeness (QED) is 0.269. The van der Waals surface area contributed by atoms with Gasteiger partial charge in [0.25, 0.3) is 0 Å². The smallest absolute Gasteiger partial charge is 0.330 e. The number of amides is 2. The van der Waals surface area contributed by atoms with Gasteiger partial charge in [-0.05, 0) is 54.1 Å². The van der Waals surface area contributed by atoms with Gasteiger partial charge >= 0.3 is 18.4 Å². The van der Waals surface area contributed by atoms with Crippen LogP contribution in [0.15, 0.2) is 53.4 Å². The summed E-state index contributed by atoms with van der Waals surface area (Å²) in [4.78, 5) is 12.9. The summed E-state index contributed by atoms with van der Waals surface area (Å²) < 4.78 is 67.3. The molecule has 0 heterocycles. The highest BCUT2D eigenvalue weighted by Gasteiger charge is 2.40.